The van der Waals surface area contributed by atoms with Gasteiger partial charge >= 0.3 is 10.3 Å². The molecule has 284 valence electrons. The van der Waals surface area contributed by atoms with E-state index in [0.29, 0.717) is 63.9 Å². The molecule has 0 unspecified atom stereocenters. The maximum absolute atomic E-state index is 14.3. The molecule has 16 heteroatoms. The molecule has 3 aromatic rings. The Morgan fingerprint density at radius 3 is 2.60 bits per heavy atom. The van der Waals surface area contributed by atoms with E-state index in [1.54, 1.807) is 18.0 Å². The molecule has 0 bridgehead atoms. The van der Waals surface area contributed by atoms with E-state index < -0.39 is 57.6 Å². The van der Waals surface area contributed by atoms with Gasteiger partial charge in [-0.25, -0.2) is 14.7 Å². The minimum atomic E-state index is -4.37. The summed E-state index contributed by atoms with van der Waals surface area (Å²) in [6.07, 6.45) is 6.91. The van der Waals surface area contributed by atoms with Crippen LogP contribution < -0.4 is 19.5 Å². The molecule has 3 amide bonds. The van der Waals surface area contributed by atoms with Crippen molar-refractivity contribution in [3.8, 4) is 22.2 Å². The van der Waals surface area contributed by atoms with Crippen LogP contribution in [0.5, 0.6) is 11.5 Å². The van der Waals surface area contributed by atoms with E-state index in [1.807, 2.05) is 34.4 Å². The van der Waals surface area contributed by atoms with Crippen molar-refractivity contribution in [2.24, 2.45) is 17.8 Å². The predicted octanol–water partition coefficient (Wildman–Crippen LogP) is 5.53. The van der Waals surface area contributed by atoms with Gasteiger partial charge in [0.2, 0.25) is 11.8 Å². The fraction of sp³-hybridized carbons (Fsp3) is 0.541. The molecule has 1 aromatic carbocycles. The Morgan fingerprint density at radius 2 is 1.89 bits per heavy atom. The van der Waals surface area contributed by atoms with Gasteiger partial charge in [-0.3, -0.25) is 18.6 Å². The Labute approximate surface area is 318 Å². The zero-order valence-corrected chi connectivity index (χ0v) is 32.5. The summed E-state index contributed by atoms with van der Waals surface area (Å²) in [6, 6.07) is 5.36. The summed E-state index contributed by atoms with van der Waals surface area (Å²) in [5.74, 6) is -2.43. The monoisotopic (exact) mass is 785 g/mol. The number of hydrogen-bond donors (Lipinski definition) is 2. The first-order valence-corrected chi connectivity index (χ1v) is 20.7. The number of methoxy groups -OCH3 is 1. The molecule has 3 saturated carbocycles. The van der Waals surface area contributed by atoms with Crippen LogP contribution in [0.4, 0.5) is 0 Å². The predicted molar refractivity (Wildman–Crippen MR) is 200 cm³/mol. The molecule has 3 heterocycles. The first kappa shape index (κ1) is 37.5. The summed E-state index contributed by atoms with van der Waals surface area (Å²) in [7, 11) is -1.10. The number of pyridine rings is 1. The van der Waals surface area contributed by atoms with Crippen LogP contribution >= 0.6 is 22.9 Å². The van der Waals surface area contributed by atoms with Gasteiger partial charge in [0, 0.05) is 36.3 Å². The number of halogens is 1. The summed E-state index contributed by atoms with van der Waals surface area (Å²) in [6.45, 7) is 4.67. The highest BCUT2D eigenvalue weighted by Crippen LogP contribution is 2.47. The molecule has 0 radical (unpaired) electrons. The molecule has 4 aliphatic rings. The summed E-state index contributed by atoms with van der Waals surface area (Å²) >= 11 is 8.26. The third-order valence-corrected chi connectivity index (χ3v) is 12.7. The van der Waals surface area contributed by atoms with Gasteiger partial charge in [0.1, 0.15) is 38.9 Å². The first-order valence-electron chi connectivity index (χ1n) is 18.1. The maximum atomic E-state index is 14.3. The fourth-order valence-corrected chi connectivity index (χ4v) is 9.44. The van der Waals surface area contributed by atoms with Crippen LogP contribution in [-0.4, -0.2) is 79.5 Å². The number of benzene rings is 1. The van der Waals surface area contributed by atoms with Gasteiger partial charge in [-0.15, -0.1) is 11.3 Å². The highest BCUT2D eigenvalue weighted by Gasteiger charge is 2.62. The topological polar surface area (TPSA) is 166 Å². The van der Waals surface area contributed by atoms with Gasteiger partial charge in [-0.05, 0) is 69.4 Å². The van der Waals surface area contributed by atoms with Gasteiger partial charge in [-0.1, -0.05) is 37.6 Å². The molecule has 13 nitrogen and oxygen atoms in total. The minimum Gasteiger partial charge on any atom is -0.495 e. The van der Waals surface area contributed by atoms with E-state index in [0.717, 1.165) is 18.5 Å². The van der Waals surface area contributed by atoms with Crippen molar-refractivity contribution in [2.45, 2.75) is 88.9 Å². The van der Waals surface area contributed by atoms with Crippen LogP contribution in [-0.2, 0) is 28.9 Å². The summed E-state index contributed by atoms with van der Waals surface area (Å²) in [5.41, 5.74) is 0.465. The number of allylic oxidation sites excluding steroid dienone is 1. The molecular weight excluding hydrogens is 742 g/mol. The number of rotatable bonds is 9. The summed E-state index contributed by atoms with van der Waals surface area (Å²) < 4.78 is 44.6. The second kappa shape index (κ2) is 14.8. The van der Waals surface area contributed by atoms with Gasteiger partial charge in [-0.2, -0.15) is 8.42 Å². The van der Waals surface area contributed by atoms with Crippen molar-refractivity contribution in [3.63, 3.8) is 0 Å². The zero-order chi connectivity index (χ0) is 37.7. The van der Waals surface area contributed by atoms with Crippen LogP contribution in [0, 0.1) is 17.8 Å². The Bertz CT molecular complexity index is 2070. The van der Waals surface area contributed by atoms with E-state index in [-0.39, 0.29) is 31.1 Å². The van der Waals surface area contributed by atoms with Gasteiger partial charge < -0.3 is 19.7 Å². The number of carbonyl (C=O) groups is 3. The van der Waals surface area contributed by atoms with Crippen LogP contribution in [0.15, 0.2) is 35.7 Å². The number of hydrogen-bond acceptors (Lipinski definition) is 11. The molecule has 5 atom stereocenters. The molecule has 3 aliphatic carbocycles. The fourth-order valence-electron chi connectivity index (χ4n) is 7.20. The second-order valence-corrected chi connectivity index (χ2v) is 17.3. The summed E-state index contributed by atoms with van der Waals surface area (Å²) in [5, 5.41) is 6.53. The van der Waals surface area contributed by atoms with Crippen molar-refractivity contribution >= 4 is 61.9 Å². The number of nitrogens with zero attached hydrogens (tertiary/aromatic N) is 3. The van der Waals surface area contributed by atoms with Crippen molar-refractivity contribution in [1.82, 2.24) is 24.9 Å². The lowest BCUT2D eigenvalue weighted by molar-refractivity contribution is -0.140. The second-order valence-electron chi connectivity index (χ2n) is 14.8. The quantitative estimate of drug-likeness (QED) is 0.264. The zero-order valence-electron chi connectivity index (χ0n) is 30.1. The Kier molecular flexibility index (Phi) is 10.5. The largest absolute Gasteiger partial charge is 0.495 e. The van der Waals surface area contributed by atoms with E-state index in [4.69, 9.17) is 35.2 Å². The van der Waals surface area contributed by atoms with Crippen molar-refractivity contribution in [2.75, 3.05) is 20.7 Å². The maximum Gasteiger partial charge on any atom is 0.362 e. The highest BCUT2D eigenvalue weighted by atomic mass is 35.5. The van der Waals surface area contributed by atoms with Crippen molar-refractivity contribution in [3.05, 3.63) is 46.4 Å². The average molecular weight is 786 g/mol. The Morgan fingerprint density at radius 1 is 1.11 bits per heavy atom. The van der Waals surface area contributed by atoms with Crippen LogP contribution in [0.25, 0.3) is 21.6 Å². The lowest BCUT2D eigenvalue weighted by Gasteiger charge is -2.26. The van der Waals surface area contributed by atoms with E-state index in [9.17, 15) is 22.8 Å². The lowest BCUT2D eigenvalue weighted by atomic mass is 9.93. The Balaban J connectivity index is 1.20. The van der Waals surface area contributed by atoms with Crippen LogP contribution in [0.3, 0.4) is 0 Å². The van der Waals surface area contributed by atoms with Crippen molar-refractivity contribution < 1.29 is 36.5 Å². The Hall–Kier alpha value is -3.79. The number of nitrogens with one attached hydrogen (secondary N) is 2. The number of carbonyl (C=O) groups excluding carboxylic acids is 3. The van der Waals surface area contributed by atoms with E-state index >= 15 is 0 Å². The van der Waals surface area contributed by atoms with E-state index in [1.165, 1.54) is 18.4 Å². The first-order chi connectivity index (χ1) is 25.3. The average Bonchev–Trinajstić information content (AvgIpc) is 3.93. The number of amides is 3. The number of thiazole rings is 1. The molecule has 1 aliphatic heterocycles. The van der Waals surface area contributed by atoms with Crippen LogP contribution in [0.2, 0.25) is 5.02 Å². The molecule has 2 N–H and O–H groups in total. The SMILES string of the molecule is COc1ccc2c(O[C@@H]3C[C@H]4C(=O)N[C@]5(C(=O)NS(=O)(=O)OC6CC6)C[C@H]5C=CCCCCN(C)C(=O)[C@@H]4C3)cc(-c3nc(C(C)C)cs3)nc2c1Cl. The van der Waals surface area contributed by atoms with Gasteiger partial charge in [0.05, 0.1) is 36.3 Å². The molecule has 7 rings (SSSR count). The highest BCUT2D eigenvalue weighted by molar-refractivity contribution is 7.85. The molecular formula is C37H44ClN5O8S2. The lowest BCUT2D eigenvalue weighted by Crippen LogP contribution is -2.54. The van der Waals surface area contributed by atoms with Gasteiger partial charge in [0.25, 0.3) is 5.91 Å². The standard InChI is InChI=1S/C37H44ClN5O8S2/c1-20(2)28-19-52-34(40-28)27-17-30(24-12-13-29(49-4)31(38)32(24)39-27)50-23-15-25-26(16-23)35(45)43(3)14-8-6-5-7-9-21-18-37(21,41-33(25)44)36(46)42-53(47,48)51-22-10-11-22/h7,9,12-13,17,19-23,25-26H,5-6,8,10-11,14-16,18H2,1-4H3,(H,41,44)(H,42,46)/t21-,23-,25-,26-,37-/m1/s1. The molecule has 53 heavy (non-hydrogen) atoms. The smallest absolute Gasteiger partial charge is 0.362 e. The number of fused-ring (bicyclic) bond motifs is 3. The molecule has 0 spiro atoms. The number of aromatic nitrogens is 2. The minimum absolute atomic E-state index is 0.176. The third-order valence-electron chi connectivity index (χ3n) is 10.5. The van der Waals surface area contributed by atoms with Gasteiger partial charge in [0.15, 0.2) is 0 Å². The van der Waals surface area contributed by atoms with E-state index in [2.05, 4.69) is 19.2 Å². The van der Waals surface area contributed by atoms with Crippen molar-refractivity contribution in [1.29, 1.82) is 0 Å². The normalized spacial score (nSPS) is 26.5. The third kappa shape index (κ3) is 7.89. The molecule has 2 aromatic heterocycles. The molecule has 3 fully saturated rings. The van der Waals surface area contributed by atoms with Crippen LogP contribution in [0.1, 0.15) is 76.8 Å². The number of ether oxygens (including phenoxy) is 2. The molecule has 0 saturated heterocycles. The summed E-state index contributed by atoms with van der Waals surface area (Å²) in [4.78, 5) is 53.2.